The summed E-state index contributed by atoms with van der Waals surface area (Å²) in [6.07, 6.45) is -4.59. The molecule has 1 rings (SSSR count). The summed E-state index contributed by atoms with van der Waals surface area (Å²) < 4.78 is 50.3. The number of carbonyl (C=O) groups is 1. The smallest absolute Gasteiger partial charge is 0.395 e. The number of alkyl halides is 3. The van der Waals surface area contributed by atoms with E-state index in [4.69, 9.17) is 5.11 Å². The van der Waals surface area contributed by atoms with Crippen LogP contribution >= 0.6 is 15.9 Å². The van der Waals surface area contributed by atoms with E-state index >= 15 is 0 Å². The Kier molecular flexibility index (Phi) is 5.30. The van der Waals surface area contributed by atoms with Crippen molar-refractivity contribution in [3.8, 4) is 0 Å². The zero-order valence-electron chi connectivity index (χ0n) is 9.55. The van der Waals surface area contributed by atoms with Crippen LogP contribution in [0, 0.1) is 5.82 Å². The fourth-order valence-corrected chi connectivity index (χ4v) is 1.91. The molecule has 8 heteroatoms. The van der Waals surface area contributed by atoms with Crippen LogP contribution in [0.1, 0.15) is 10.4 Å². The number of halogens is 5. The van der Waals surface area contributed by atoms with Crippen LogP contribution in [0.3, 0.4) is 0 Å². The fraction of sp³-hybridized carbons (Fsp3) is 0.364. The molecule has 0 heterocycles. The highest BCUT2D eigenvalue weighted by molar-refractivity contribution is 9.10. The Balaban J connectivity index is 2.98. The van der Waals surface area contributed by atoms with Gasteiger partial charge < -0.3 is 10.0 Å². The monoisotopic (exact) mass is 343 g/mol. The molecule has 0 aliphatic heterocycles. The number of aliphatic hydroxyl groups excluding tert-OH is 1. The summed E-state index contributed by atoms with van der Waals surface area (Å²) in [6.45, 7) is -2.59. The third-order valence-electron chi connectivity index (χ3n) is 2.14. The topological polar surface area (TPSA) is 40.5 Å². The van der Waals surface area contributed by atoms with Crippen molar-refractivity contribution in [3.05, 3.63) is 34.1 Å². The van der Waals surface area contributed by atoms with E-state index in [9.17, 15) is 22.4 Å². The minimum atomic E-state index is -4.59. The summed E-state index contributed by atoms with van der Waals surface area (Å²) in [4.78, 5) is 12.3. The largest absolute Gasteiger partial charge is 0.406 e. The van der Waals surface area contributed by atoms with Gasteiger partial charge >= 0.3 is 6.18 Å². The van der Waals surface area contributed by atoms with Gasteiger partial charge in [-0.3, -0.25) is 4.79 Å². The molecule has 106 valence electrons. The van der Waals surface area contributed by atoms with Crippen LogP contribution in [0.5, 0.6) is 0 Å². The molecule has 0 spiro atoms. The van der Waals surface area contributed by atoms with E-state index in [1.165, 1.54) is 6.07 Å². The lowest BCUT2D eigenvalue weighted by atomic mass is 10.2. The number of hydrogen-bond acceptors (Lipinski definition) is 2. The van der Waals surface area contributed by atoms with Crippen molar-refractivity contribution >= 4 is 21.8 Å². The highest BCUT2D eigenvalue weighted by Gasteiger charge is 2.33. The molecule has 0 bridgehead atoms. The third kappa shape index (κ3) is 5.15. The average Bonchev–Trinajstić information content (AvgIpc) is 2.24. The first-order chi connectivity index (χ1) is 8.73. The summed E-state index contributed by atoms with van der Waals surface area (Å²) in [5.41, 5.74) is -0.218. The van der Waals surface area contributed by atoms with Crippen LogP contribution in [-0.4, -0.2) is 41.8 Å². The first-order valence-electron chi connectivity index (χ1n) is 5.16. The second-order valence-electron chi connectivity index (χ2n) is 3.72. The molecule has 1 aromatic carbocycles. The van der Waals surface area contributed by atoms with Crippen molar-refractivity contribution in [2.24, 2.45) is 0 Å². The Morgan fingerprint density at radius 1 is 1.32 bits per heavy atom. The van der Waals surface area contributed by atoms with E-state index in [-0.39, 0.29) is 10.0 Å². The Bertz CT molecular complexity index is 444. The SMILES string of the molecule is O=C(c1cc(F)cc(Br)c1)N(CCO)CC(F)(F)F. The molecule has 1 amide bonds. The zero-order chi connectivity index (χ0) is 14.6. The van der Waals surface area contributed by atoms with Crippen LogP contribution in [0.15, 0.2) is 22.7 Å². The van der Waals surface area contributed by atoms with E-state index in [1.807, 2.05) is 0 Å². The van der Waals surface area contributed by atoms with Gasteiger partial charge in [-0.2, -0.15) is 13.2 Å². The average molecular weight is 344 g/mol. The van der Waals surface area contributed by atoms with Crippen LogP contribution in [-0.2, 0) is 0 Å². The molecule has 1 aromatic rings. The maximum absolute atomic E-state index is 13.1. The van der Waals surface area contributed by atoms with Crippen molar-refractivity contribution in [2.75, 3.05) is 19.7 Å². The number of hydrogen-bond donors (Lipinski definition) is 1. The minimum absolute atomic E-state index is 0.218. The highest BCUT2D eigenvalue weighted by Crippen LogP contribution is 2.20. The lowest BCUT2D eigenvalue weighted by Gasteiger charge is -2.23. The number of rotatable bonds is 4. The Morgan fingerprint density at radius 3 is 2.42 bits per heavy atom. The molecule has 0 unspecified atom stereocenters. The van der Waals surface area contributed by atoms with Gasteiger partial charge in [0.15, 0.2) is 0 Å². The molecule has 0 aromatic heterocycles. The van der Waals surface area contributed by atoms with Crippen LogP contribution in [0.25, 0.3) is 0 Å². The van der Waals surface area contributed by atoms with E-state index in [0.29, 0.717) is 4.90 Å². The maximum atomic E-state index is 13.1. The van der Waals surface area contributed by atoms with Gasteiger partial charge in [-0.1, -0.05) is 15.9 Å². The van der Waals surface area contributed by atoms with Crippen LogP contribution < -0.4 is 0 Å². The first kappa shape index (κ1) is 15.9. The van der Waals surface area contributed by atoms with Crippen LogP contribution in [0.2, 0.25) is 0 Å². The van der Waals surface area contributed by atoms with Crippen molar-refractivity contribution in [1.29, 1.82) is 0 Å². The highest BCUT2D eigenvalue weighted by atomic mass is 79.9. The second kappa shape index (κ2) is 6.33. The molecule has 0 radical (unpaired) electrons. The quantitative estimate of drug-likeness (QED) is 0.853. The van der Waals surface area contributed by atoms with Gasteiger partial charge in [0.25, 0.3) is 5.91 Å². The van der Waals surface area contributed by atoms with Gasteiger partial charge in [0.2, 0.25) is 0 Å². The molecule has 3 nitrogen and oxygen atoms in total. The molecule has 0 aliphatic rings. The standard InChI is InChI=1S/C11H10BrF4NO2/c12-8-3-7(4-9(13)5-8)10(19)17(1-2-18)6-11(14,15)16/h3-5,18H,1-2,6H2. The lowest BCUT2D eigenvalue weighted by Crippen LogP contribution is -2.40. The summed E-state index contributed by atoms with van der Waals surface area (Å²) in [5, 5.41) is 8.69. The normalized spacial score (nSPS) is 11.5. The van der Waals surface area contributed by atoms with Gasteiger partial charge in [-0.05, 0) is 18.2 Å². The molecule has 0 aliphatic carbocycles. The van der Waals surface area contributed by atoms with E-state index < -0.39 is 37.6 Å². The number of benzene rings is 1. The van der Waals surface area contributed by atoms with E-state index in [2.05, 4.69) is 15.9 Å². The molecule has 0 atom stereocenters. The second-order valence-corrected chi connectivity index (χ2v) is 4.64. The molecule has 19 heavy (non-hydrogen) atoms. The van der Waals surface area contributed by atoms with Gasteiger partial charge in [0, 0.05) is 16.6 Å². The molecule has 0 saturated carbocycles. The Morgan fingerprint density at radius 2 is 1.95 bits per heavy atom. The predicted molar refractivity (Wildman–Crippen MR) is 63.1 cm³/mol. The molecule has 1 N–H and O–H groups in total. The minimum Gasteiger partial charge on any atom is -0.395 e. The summed E-state index contributed by atoms with van der Waals surface area (Å²) >= 11 is 2.95. The maximum Gasteiger partial charge on any atom is 0.406 e. The fourth-order valence-electron chi connectivity index (χ4n) is 1.45. The summed E-state index contributed by atoms with van der Waals surface area (Å²) in [5.74, 6) is -1.74. The number of carbonyl (C=O) groups excluding carboxylic acids is 1. The molecular formula is C11H10BrF4NO2. The predicted octanol–water partition coefficient (Wildman–Crippen LogP) is 2.59. The van der Waals surface area contributed by atoms with Crippen LogP contribution in [0.4, 0.5) is 17.6 Å². The van der Waals surface area contributed by atoms with Gasteiger partial charge in [0.05, 0.1) is 6.61 Å². The molecule has 0 fully saturated rings. The van der Waals surface area contributed by atoms with Gasteiger partial charge in [0.1, 0.15) is 12.4 Å². The lowest BCUT2D eigenvalue weighted by molar-refractivity contribution is -0.141. The summed E-state index contributed by atoms with van der Waals surface area (Å²) in [6, 6.07) is 3.14. The summed E-state index contributed by atoms with van der Waals surface area (Å²) in [7, 11) is 0. The molecular weight excluding hydrogens is 334 g/mol. The van der Waals surface area contributed by atoms with Gasteiger partial charge in [-0.15, -0.1) is 0 Å². The van der Waals surface area contributed by atoms with Crippen molar-refractivity contribution in [2.45, 2.75) is 6.18 Å². The van der Waals surface area contributed by atoms with Gasteiger partial charge in [-0.25, -0.2) is 4.39 Å². The third-order valence-corrected chi connectivity index (χ3v) is 2.59. The first-order valence-corrected chi connectivity index (χ1v) is 5.95. The van der Waals surface area contributed by atoms with Crippen molar-refractivity contribution < 1.29 is 27.5 Å². The van der Waals surface area contributed by atoms with Crippen molar-refractivity contribution in [3.63, 3.8) is 0 Å². The Labute approximate surface area is 115 Å². The zero-order valence-corrected chi connectivity index (χ0v) is 11.1. The van der Waals surface area contributed by atoms with E-state index in [1.54, 1.807) is 0 Å². The van der Waals surface area contributed by atoms with E-state index in [0.717, 1.165) is 12.1 Å². The Hall–Kier alpha value is -1.15. The number of amides is 1. The van der Waals surface area contributed by atoms with Crippen molar-refractivity contribution in [1.82, 2.24) is 4.90 Å². The molecule has 0 saturated heterocycles. The number of aliphatic hydroxyl groups is 1. The number of nitrogens with zero attached hydrogens (tertiary/aromatic N) is 1.